The number of thiocarbonyl (C=S) groups is 1. The Morgan fingerprint density at radius 1 is 1.21 bits per heavy atom. The minimum atomic E-state index is -2.80. The van der Waals surface area contributed by atoms with Crippen molar-refractivity contribution in [2.24, 2.45) is 11.3 Å². The summed E-state index contributed by atoms with van der Waals surface area (Å²) in [6, 6.07) is 6.48. The molecule has 7 heteroatoms. The zero-order chi connectivity index (χ0) is 24.2. The van der Waals surface area contributed by atoms with Gasteiger partial charge in [0.15, 0.2) is 5.11 Å². The van der Waals surface area contributed by atoms with Gasteiger partial charge < -0.3 is 15.4 Å². The van der Waals surface area contributed by atoms with Crippen LogP contribution in [0.3, 0.4) is 0 Å². The monoisotopic (exact) mass is 487 g/mol. The maximum absolute atomic E-state index is 14.4. The van der Waals surface area contributed by atoms with Gasteiger partial charge in [0.1, 0.15) is 11.2 Å². The number of ether oxygens (including phenoxy) is 1. The van der Waals surface area contributed by atoms with E-state index in [1.54, 1.807) is 7.11 Å². The molecular formula is C27H35F2N3OS. The molecule has 3 aliphatic carbocycles. The average Bonchev–Trinajstić information content (AvgIpc) is 3.56. The van der Waals surface area contributed by atoms with E-state index < -0.39 is 23.7 Å². The van der Waals surface area contributed by atoms with Crippen LogP contribution in [0, 0.1) is 23.2 Å². The Balaban J connectivity index is 1.61. The van der Waals surface area contributed by atoms with Gasteiger partial charge in [-0.2, -0.15) is 0 Å². The molecule has 1 aromatic rings. The summed E-state index contributed by atoms with van der Waals surface area (Å²) in [5, 5.41) is 10.8. The third-order valence-corrected chi connectivity index (χ3v) is 8.90. The van der Waals surface area contributed by atoms with E-state index in [4.69, 9.17) is 17.0 Å². The third kappa shape index (κ3) is 3.83. The molecule has 1 aromatic carbocycles. The number of hydrogen-bond acceptors (Lipinski definition) is 3. The lowest BCUT2D eigenvalue weighted by atomic mass is 9.57. The van der Waals surface area contributed by atoms with E-state index in [9.17, 15) is 8.78 Å². The van der Waals surface area contributed by atoms with Gasteiger partial charge >= 0.3 is 0 Å². The van der Waals surface area contributed by atoms with E-state index >= 15 is 0 Å². The van der Waals surface area contributed by atoms with Crippen LogP contribution in [-0.2, 0) is 16.7 Å². The van der Waals surface area contributed by atoms with Gasteiger partial charge in [-0.05, 0) is 87.3 Å². The summed E-state index contributed by atoms with van der Waals surface area (Å²) in [5.74, 6) is 4.45. The van der Waals surface area contributed by atoms with Gasteiger partial charge in [0.2, 0.25) is 0 Å². The van der Waals surface area contributed by atoms with E-state index in [1.165, 1.54) is 25.3 Å². The van der Waals surface area contributed by atoms with Gasteiger partial charge in [0, 0.05) is 30.4 Å². The molecule has 2 unspecified atom stereocenters. The fourth-order valence-corrected chi connectivity index (χ4v) is 6.90. The molecule has 4 nitrogen and oxygen atoms in total. The molecule has 0 radical (unpaired) electrons. The number of nitrogens with one attached hydrogen (secondary N) is 3. The fourth-order valence-electron chi connectivity index (χ4n) is 6.54. The van der Waals surface area contributed by atoms with Crippen LogP contribution in [0.4, 0.5) is 8.78 Å². The van der Waals surface area contributed by atoms with Crippen molar-refractivity contribution < 1.29 is 13.5 Å². The van der Waals surface area contributed by atoms with Gasteiger partial charge in [0.05, 0.1) is 12.6 Å². The first-order valence-corrected chi connectivity index (χ1v) is 13.0. The SMILES string of the molecule is CCC(F)(F)CNC1(C)NC(=S)NC12c1cc(C#CC3CC3)ccc1CC21CCC(OC)CC1. The van der Waals surface area contributed by atoms with Gasteiger partial charge in [-0.3, -0.25) is 5.32 Å². The number of fused-ring (bicyclic) bond motifs is 3. The Bertz CT molecular complexity index is 1040. The second-order valence-electron chi connectivity index (χ2n) is 10.8. The molecule has 34 heavy (non-hydrogen) atoms. The summed E-state index contributed by atoms with van der Waals surface area (Å²) in [6.45, 7) is 3.10. The lowest BCUT2D eigenvalue weighted by Gasteiger charge is -2.54. The van der Waals surface area contributed by atoms with Crippen LogP contribution in [0.5, 0.6) is 0 Å². The Hall–Kier alpha value is -1.75. The topological polar surface area (TPSA) is 45.3 Å². The first kappa shape index (κ1) is 24.0. The molecule has 3 fully saturated rings. The standard InChI is InChI=1S/C27H35F2N3OS/c1-4-26(28,29)17-30-24(2)27(32-23(34)31-24)22-15-19(8-7-18-5-6-18)9-10-20(22)16-25(27)13-11-21(33-3)12-14-25/h9-10,15,18,21,30H,4-6,11-14,16-17H2,1-3H3,(H2,31,32,34). The van der Waals surface area contributed by atoms with Crippen LogP contribution in [0.15, 0.2) is 18.2 Å². The highest BCUT2D eigenvalue weighted by atomic mass is 32.1. The maximum atomic E-state index is 14.4. The highest BCUT2D eigenvalue weighted by molar-refractivity contribution is 7.80. The van der Waals surface area contributed by atoms with Gasteiger partial charge in [-0.1, -0.05) is 24.8 Å². The zero-order valence-electron chi connectivity index (χ0n) is 20.3. The van der Waals surface area contributed by atoms with Crippen molar-refractivity contribution in [3.8, 4) is 11.8 Å². The van der Waals surface area contributed by atoms with Gasteiger partial charge in [-0.15, -0.1) is 0 Å². The summed E-state index contributed by atoms with van der Waals surface area (Å²) >= 11 is 5.67. The smallest absolute Gasteiger partial charge is 0.260 e. The number of halogens is 2. The number of benzene rings is 1. The molecule has 5 rings (SSSR count). The molecule has 0 amide bonds. The molecule has 2 atom stereocenters. The van der Waals surface area contributed by atoms with Crippen LogP contribution in [0.1, 0.15) is 75.5 Å². The molecule has 1 heterocycles. The van der Waals surface area contributed by atoms with Crippen LogP contribution in [0.2, 0.25) is 0 Å². The minimum absolute atomic E-state index is 0.177. The van der Waals surface area contributed by atoms with Crippen LogP contribution in [-0.4, -0.2) is 36.5 Å². The van der Waals surface area contributed by atoms with Crippen molar-refractivity contribution in [3.63, 3.8) is 0 Å². The van der Waals surface area contributed by atoms with Crippen LogP contribution < -0.4 is 16.0 Å². The second kappa shape index (κ2) is 8.43. The molecule has 1 aliphatic heterocycles. The van der Waals surface area contributed by atoms with Crippen molar-refractivity contribution >= 4 is 17.3 Å². The predicted molar refractivity (Wildman–Crippen MR) is 134 cm³/mol. The minimum Gasteiger partial charge on any atom is -0.381 e. The quantitative estimate of drug-likeness (QED) is 0.419. The van der Waals surface area contributed by atoms with Crippen LogP contribution in [0.25, 0.3) is 0 Å². The molecule has 184 valence electrons. The molecule has 4 aliphatic rings. The van der Waals surface area contributed by atoms with E-state index in [2.05, 4.69) is 46.0 Å². The molecule has 0 aromatic heterocycles. The predicted octanol–water partition coefficient (Wildman–Crippen LogP) is 4.60. The first-order valence-electron chi connectivity index (χ1n) is 12.6. The van der Waals surface area contributed by atoms with Crippen molar-refractivity contribution in [1.29, 1.82) is 0 Å². The highest BCUT2D eigenvalue weighted by Gasteiger charge is 2.69. The first-order chi connectivity index (χ1) is 16.2. The van der Waals surface area contributed by atoms with Crippen molar-refractivity contribution in [2.45, 2.75) is 88.4 Å². The largest absolute Gasteiger partial charge is 0.381 e. The molecule has 0 bridgehead atoms. The van der Waals surface area contributed by atoms with Crippen molar-refractivity contribution in [1.82, 2.24) is 16.0 Å². The summed E-state index contributed by atoms with van der Waals surface area (Å²) in [7, 11) is 1.77. The summed E-state index contributed by atoms with van der Waals surface area (Å²) < 4.78 is 34.6. The fraction of sp³-hybridized carbons (Fsp3) is 0.667. The maximum Gasteiger partial charge on any atom is 0.260 e. The van der Waals surface area contributed by atoms with Crippen LogP contribution >= 0.6 is 12.2 Å². The van der Waals surface area contributed by atoms with Gasteiger partial charge in [-0.25, -0.2) is 8.78 Å². The summed E-state index contributed by atoms with van der Waals surface area (Å²) in [5.41, 5.74) is 1.65. The lowest BCUT2D eigenvalue weighted by Crippen LogP contribution is -2.71. The zero-order valence-corrected chi connectivity index (χ0v) is 21.1. The molecule has 2 spiro atoms. The number of alkyl halides is 2. The van der Waals surface area contributed by atoms with Crippen molar-refractivity contribution in [2.75, 3.05) is 13.7 Å². The number of hydrogen-bond donors (Lipinski definition) is 3. The normalized spacial score (nSPS) is 34.5. The number of methoxy groups -OCH3 is 1. The van der Waals surface area contributed by atoms with E-state index in [0.29, 0.717) is 11.0 Å². The summed E-state index contributed by atoms with van der Waals surface area (Å²) in [6.07, 6.45) is 7.01. The van der Waals surface area contributed by atoms with Crippen molar-refractivity contribution in [3.05, 3.63) is 34.9 Å². The molecule has 1 saturated heterocycles. The van der Waals surface area contributed by atoms with Gasteiger partial charge in [0.25, 0.3) is 5.92 Å². The Kier molecular flexibility index (Phi) is 5.94. The third-order valence-electron chi connectivity index (χ3n) is 8.69. The van der Waals surface area contributed by atoms with E-state index in [0.717, 1.165) is 43.2 Å². The van der Waals surface area contributed by atoms with E-state index in [1.807, 2.05) is 6.92 Å². The number of rotatable bonds is 5. The second-order valence-corrected chi connectivity index (χ2v) is 11.2. The molecule has 3 N–H and O–H groups in total. The Morgan fingerprint density at radius 2 is 1.94 bits per heavy atom. The summed E-state index contributed by atoms with van der Waals surface area (Å²) in [4.78, 5) is 0. The Labute approximate surface area is 207 Å². The van der Waals surface area contributed by atoms with E-state index in [-0.39, 0.29) is 17.9 Å². The molecule has 2 saturated carbocycles. The Morgan fingerprint density at radius 3 is 2.59 bits per heavy atom. The highest BCUT2D eigenvalue weighted by Crippen LogP contribution is 2.62. The average molecular weight is 488 g/mol. The molecular weight excluding hydrogens is 452 g/mol. The lowest BCUT2D eigenvalue weighted by molar-refractivity contribution is -0.0543.